The van der Waals surface area contributed by atoms with E-state index in [1.807, 2.05) is 18.7 Å². The zero-order valence-corrected chi connectivity index (χ0v) is 14.0. The minimum atomic E-state index is -0.858. The number of hydrogen-bond acceptors (Lipinski definition) is 2. The van der Waals surface area contributed by atoms with E-state index >= 15 is 0 Å². The molecule has 0 spiro atoms. The Morgan fingerprint density at radius 2 is 2.29 bits per heavy atom. The van der Waals surface area contributed by atoms with Crippen LogP contribution in [0.4, 0.5) is 4.39 Å². The molecule has 1 aromatic carbocycles. The maximum Gasteiger partial charge on any atom is 0.324 e. The summed E-state index contributed by atoms with van der Waals surface area (Å²) in [6.45, 7) is 4.58. The highest BCUT2D eigenvalue weighted by molar-refractivity contribution is 9.10. The lowest BCUT2D eigenvalue weighted by molar-refractivity contribution is -0.151. The molecule has 0 aliphatic carbocycles. The monoisotopic (exact) mass is 357 g/mol. The van der Waals surface area contributed by atoms with Crippen molar-refractivity contribution in [3.8, 4) is 0 Å². The predicted octanol–water partition coefficient (Wildman–Crippen LogP) is 4.37. The van der Waals surface area contributed by atoms with Gasteiger partial charge in [-0.2, -0.15) is 0 Å². The summed E-state index contributed by atoms with van der Waals surface area (Å²) < 4.78 is 14.9. The Hall–Kier alpha value is -0.940. The smallest absolute Gasteiger partial charge is 0.324 e. The van der Waals surface area contributed by atoms with Crippen LogP contribution in [0.1, 0.15) is 51.1 Å². The molecule has 0 bridgehead atoms. The maximum absolute atomic E-state index is 14.1. The van der Waals surface area contributed by atoms with Gasteiger partial charge in [0.15, 0.2) is 0 Å². The number of halogens is 2. The zero-order valence-electron chi connectivity index (χ0n) is 12.4. The van der Waals surface area contributed by atoms with Crippen LogP contribution in [0.5, 0.6) is 0 Å². The number of nitrogens with zero attached hydrogens (tertiary/aromatic N) is 1. The minimum Gasteiger partial charge on any atom is -0.480 e. The summed E-state index contributed by atoms with van der Waals surface area (Å²) >= 11 is 3.36. The van der Waals surface area contributed by atoms with Crippen molar-refractivity contribution in [3.05, 3.63) is 34.1 Å². The average molecular weight is 358 g/mol. The molecule has 3 nitrogen and oxygen atoms in total. The maximum atomic E-state index is 14.1. The van der Waals surface area contributed by atoms with E-state index in [1.165, 1.54) is 6.07 Å². The highest BCUT2D eigenvalue weighted by Gasteiger charge is 2.49. The Bertz CT molecular complexity index is 537. The van der Waals surface area contributed by atoms with Crippen molar-refractivity contribution in [2.24, 2.45) is 0 Å². The first kappa shape index (κ1) is 16.4. The molecule has 0 radical (unpaired) electrons. The lowest BCUT2D eigenvalue weighted by Gasteiger charge is -2.39. The van der Waals surface area contributed by atoms with Crippen molar-refractivity contribution >= 4 is 21.9 Å². The van der Waals surface area contributed by atoms with Gasteiger partial charge in [-0.25, -0.2) is 4.39 Å². The van der Waals surface area contributed by atoms with Gasteiger partial charge in [0.1, 0.15) is 11.4 Å². The lowest BCUT2D eigenvalue weighted by Crippen LogP contribution is -2.51. The van der Waals surface area contributed by atoms with Gasteiger partial charge in [-0.15, -0.1) is 0 Å². The molecule has 1 saturated heterocycles. The van der Waals surface area contributed by atoms with Crippen LogP contribution in [0.3, 0.4) is 0 Å². The Labute approximate surface area is 133 Å². The number of aliphatic carboxylic acids is 1. The van der Waals surface area contributed by atoms with Crippen LogP contribution in [0.25, 0.3) is 0 Å². The SMILES string of the molecule is CCCC1(C(=O)O)CCCN1C(C)c1cc(Br)ccc1F. The third-order valence-corrected chi connectivity index (χ3v) is 4.97. The molecule has 1 heterocycles. The Kier molecular flexibility index (Phi) is 5.04. The van der Waals surface area contributed by atoms with Crippen LogP contribution >= 0.6 is 15.9 Å². The second-order valence-corrected chi connectivity index (χ2v) is 6.64. The molecule has 1 N–H and O–H groups in total. The molecular formula is C16H21BrFNO2. The van der Waals surface area contributed by atoms with Crippen molar-refractivity contribution < 1.29 is 14.3 Å². The molecule has 0 amide bonds. The fourth-order valence-corrected chi connectivity index (χ4v) is 3.86. The molecule has 1 aliphatic rings. The molecule has 0 saturated carbocycles. The molecule has 2 rings (SSSR count). The second kappa shape index (κ2) is 6.44. The number of hydrogen-bond donors (Lipinski definition) is 1. The predicted molar refractivity (Wildman–Crippen MR) is 83.7 cm³/mol. The van der Waals surface area contributed by atoms with Gasteiger partial charge in [-0.1, -0.05) is 29.3 Å². The van der Waals surface area contributed by atoms with Crippen LogP contribution in [0.2, 0.25) is 0 Å². The molecule has 0 aromatic heterocycles. The van der Waals surface area contributed by atoms with E-state index in [9.17, 15) is 14.3 Å². The van der Waals surface area contributed by atoms with Gasteiger partial charge >= 0.3 is 5.97 Å². The van der Waals surface area contributed by atoms with Gasteiger partial charge in [0.2, 0.25) is 0 Å². The summed E-state index contributed by atoms with van der Waals surface area (Å²) in [6.07, 6.45) is 2.88. The van der Waals surface area contributed by atoms with Crippen LogP contribution in [-0.4, -0.2) is 28.1 Å². The summed E-state index contributed by atoms with van der Waals surface area (Å²) in [5.41, 5.74) is -0.309. The van der Waals surface area contributed by atoms with E-state index in [-0.39, 0.29) is 11.9 Å². The summed E-state index contributed by atoms with van der Waals surface area (Å²) in [6, 6.07) is 4.57. The topological polar surface area (TPSA) is 40.5 Å². The molecule has 2 unspecified atom stereocenters. The summed E-state index contributed by atoms with van der Waals surface area (Å²) in [5, 5.41) is 9.74. The summed E-state index contributed by atoms with van der Waals surface area (Å²) in [7, 11) is 0. The van der Waals surface area contributed by atoms with E-state index in [1.54, 1.807) is 12.1 Å². The summed E-state index contributed by atoms with van der Waals surface area (Å²) in [5.74, 6) is -1.07. The van der Waals surface area contributed by atoms with Crippen molar-refractivity contribution in [3.63, 3.8) is 0 Å². The average Bonchev–Trinajstić information content (AvgIpc) is 2.86. The zero-order chi connectivity index (χ0) is 15.6. The summed E-state index contributed by atoms with van der Waals surface area (Å²) in [4.78, 5) is 13.8. The molecule has 1 aromatic rings. The third-order valence-electron chi connectivity index (χ3n) is 4.48. The van der Waals surface area contributed by atoms with Gasteiger partial charge in [-0.3, -0.25) is 9.69 Å². The van der Waals surface area contributed by atoms with Gasteiger partial charge < -0.3 is 5.11 Å². The molecule has 5 heteroatoms. The van der Waals surface area contributed by atoms with Crippen LogP contribution in [0.15, 0.2) is 22.7 Å². The van der Waals surface area contributed by atoms with Gasteiger partial charge in [0.25, 0.3) is 0 Å². The molecule has 116 valence electrons. The van der Waals surface area contributed by atoms with Crippen LogP contribution in [-0.2, 0) is 4.79 Å². The van der Waals surface area contributed by atoms with Gasteiger partial charge in [0.05, 0.1) is 0 Å². The lowest BCUT2D eigenvalue weighted by atomic mass is 9.89. The first-order valence-electron chi connectivity index (χ1n) is 7.37. The third kappa shape index (κ3) is 2.99. The Morgan fingerprint density at radius 1 is 1.57 bits per heavy atom. The fourth-order valence-electron chi connectivity index (χ4n) is 3.49. The van der Waals surface area contributed by atoms with Crippen LogP contribution < -0.4 is 0 Å². The number of carboxylic acids is 1. The number of rotatable bonds is 5. The van der Waals surface area contributed by atoms with Gasteiger partial charge in [-0.05, 0) is 50.9 Å². The van der Waals surface area contributed by atoms with Crippen LogP contribution in [0, 0.1) is 5.82 Å². The van der Waals surface area contributed by atoms with E-state index < -0.39 is 11.5 Å². The Balaban J connectivity index is 2.38. The van der Waals surface area contributed by atoms with E-state index in [4.69, 9.17) is 0 Å². The van der Waals surface area contributed by atoms with E-state index in [0.29, 0.717) is 24.9 Å². The van der Waals surface area contributed by atoms with E-state index in [0.717, 1.165) is 17.3 Å². The normalized spacial score (nSPS) is 24.2. The number of benzene rings is 1. The number of carboxylic acid groups (broad SMARTS) is 1. The van der Waals surface area contributed by atoms with Crippen molar-refractivity contribution in [2.45, 2.75) is 51.1 Å². The second-order valence-electron chi connectivity index (χ2n) is 5.73. The van der Waals surface area contributed by atoms with Crippen molar-refractivity contribution in [1.82, 2.24) is 4.90 Å². The standard InChI is InChI=1S/C16H21BrFNO2/c1-3-7-16(15(20)21)8-4-9-19(16)11(2)13-10-12(17)5-6-14(13)18/h5-6,10-11H,3-4,7-9H2,1-2H3,(H,20,21). The van der Waals surface area contributed by atoms with Gasteiger partial charge in [0, 0.05) is 16.1 Å². The highest BCUT2D eigenvalue weighted by atomic mass is 79.9. The largest absolute Gasteiger partial charge is 0.480 e. The molecular weight excluding hydrogens is 337 g/mol. The molecule has 1 aliphatic heterocycles. The number of likely N-dealkylation sites (tertiary alicyclic amines) is 1. The van der Waals surface area contributed by atoms with Crippen molar-refractivity contribution in [2.75, 3.05) is 6.54 Å². The fraction of sp³-hybridized carbons (Fsp3) is 0.562. The quantitative estimate of drug-likeness (QED) is 0.850. The Morgan fingerprint density at radius 3 is 2.90 bits per heavy atom. The number of carbonyl (C=O) groups is 1. The van der Waals surface area contributed by atoms with E-state index in [2.05, 4.69) is 15.9 Å². The first-order chi connectivity index (χ1) is 9.92. The molecule has 2 atom stereocenters. The highest BCUT2D eigenvalue weighted by Crippen LogP contribution is 2.41. The first-order valence-corrected chi connectivity index (χ1v) is 8.16. The minimum absolute atomic E-state index is 0.257. The molecule has 21 heavy (non-hydrogen) atoms. The van der Waals surface area contributed by atoms with Crippen molar-refractivity contribution in [1.29, 1.82) is 0 Å². The molecule has 1 fully saturated rings.